The Hall–Kier alpha value is -1.21. The van der Waals surface area contributed by atoms with Gasteiger partial charge in [0.1, 0.15) is 5.60 Å². The van der Waals surface area contributed by atoms with Gasteiger partial charge in [0.2, 0.25) is 0 Å². The first-order valence-electron chi connectivity index (χ1n) is 6.32. The number of ether oxygens (including phenoxy) is 1. The number of hydrogen-bond acceptors (Lipinski definition) is 4. The maximum atomic E-state index is 11.1. The van der Waals surface area contributed by atoms with Crippen LogP contribution in [0.5, 0.6) is 0 Å². The van der Waals surface area contributed by atoms with Crippen molar-refractivity contribution >= 4 is 15.9 Å². The second-order valence-electron chi connectivity index (χ2n) is 4.49. The van der Waals surface area contributed by atoms with Crippen molar-refractivity contribution in [2.24, 2.45) is 5.73 Å². The normalized spacial score (nSPS) is 14.2. The minimum Gasteiger partial charge on any atom is -0.383 e. The quantitative estimate of drug-likeness (QED) is 0.836. The van der Waals surface area contributed by atoms with Crippen LogP contribution in [0.15, 0.2) is 41.0 Å². The number of halogens is 1. The van der Waals surface area contributed by atoms with Crippen LogP contribution >= 0.6 is 15.9 Å². The number of hydrogen-bond donors (Lipinski definition) is 2. The molecule has 0 aliphatic heterocycles. The minimum atomic E-state index is -1.29. The molecule has 5 nitrogen and oxygen atoms in total. The number of nitrogens with zero attached hydrogens (tertiary/aromatic N) is 2. The number of benzene rings is 1. The molecule has 2 aromatic rings. The Morgan fingerprint density at radius 2 is 2.10 bits per heavy atom. The van der Waals surface area contributed by atoms with Crippen LogP contribution in [0.25, 0.3) is 0 Å². The Morgan fingerprint density at radius 3 is 2.70 bits per heavy atom. The van der Waals surface area contributed by atoms with Gasteiger partial charge in [0.05, 0.1) is 29.5 Å². The fraction of sp³-hybridized carbons (Fsp3) is 0.357. The smallest absolute Gasteiger partial charge is 0.144 e. The van der Waals surface area contributed by atoms with E-state index < -0.39 is 5.60 Å². The Kier molecular flexibility index (Phi) is 4.93. The van der Waals surface area contributed by atoms with E-state index >= 15 is 0 Å². The molecule has 0 radical (unpaired) electrons. The predicted octanol–water partition coefficient (Wildman–Crippen LogP) is 1.49. The van der Waals surface area contributed by atoms with Gasteiger partial charge in [-0.15, -0.1) is 0 Å². The number of aliphatic hydroxyl groups is 1. The van der Waals surface area contributed by atoms with Crippen LogP contribution in [-0.2, 0) is 16.9 Å². The molecule has 2 rings (SSSR count). The standard InChI is InChI=1S/C14H18BrN3O2/c1-20-8-7-18-13(12(15)9-17-18)14(19,10-16)11-5-3-2-4-6-11/h2-6,9,19H,7-8,10,16H2,1H3. The lowest BCUT2D eigenvalue weighted by Crippen LogP contribution is -2.39. The van der Waals surface area contributed by atoms with Gasteiger partial charge in [0, 0.05) is 13.7 Å². The van der Waals surface area contributed by atoms with Crippen LogP contribution in [-0.4, -0.2) is 35.1 Å². The molecule has 1 unspecified atom stereocenters. The lowest BCUT2D eigenvalue weighted by Gasteiger charge is -2.28. The van der Waals surface area contributed by atoms with Crippen LogP contribution < -0.4 is 5.73 Å². The summed E-state index contributed by atoms with van der Waals surface area (Å²) in [6.07, 6.45) is 1.66. The number of methoxy groups -OCH3 is 1. The van der Waals surface area contributed by atoms with Gasteiger partial charge in [-0.25, -0.2) is 0 Å². The summed E-state index contributed by atoms with van der Waals surface area (Å²) in [4.78, 5) is 0. The lowest BCUT2D eigenvalue weighted by molar-refractivity contribution is 0.0764. The average molecular weight is 340 g/mol. The number of nitrogens with two attached hydrogens (primary N) is 1. The first kappa shape index (κ1) is 15.2. The van der Waals surface area contributed by atoms with Crippen molar-refractivity contribution in [3.8, 4) is 0 Å². The average Bonchev–Trinajstić information content (AvgIpc) is 2.86. The molecule has 0 spiro atoms. The summed E-state index contributed by atoms with van der Waals surface area (Å²) in [5, 5.41) is 15.3. The van der Waals surface area contributed by atoms with E-state index in [1.54, 1.807) is 18.0 Å². The zero-order valence-corrected chi connectivity index (χ0v) is 12.9. The maximum Gasteiger partial charge on any atom is 0.144 e. The highest BCUT2D eigenvalue weighted by molar-refractivity contribution is 9.10. The minimum absolute atomic E-state index is 0.0638. The highest BCUT2D eigenvalue weighted by Gasteiger charge is 2.35. The molecule has 0 aliphatic rings. The van der Waals surface area contributed by atoms with Gasteiger partial charge in [-0.2, -0.15) is 5.10 Å². The molecule has 0 fully saturated rings. The summed E-state index contributed by atoms with van der Waals surface area (Å²) in [5.74, 6) is 0. The Bertz CT molecular complexity index is 559. The molecule has 0 amide bonds. The van der Waals surface area contributed by atoms with Crippen molar-refractivity contribution in [3.63, 3.8) is 0 Å². The molecule has 0 aliphatic carbocycles. The largest absolute Gasteiger partial charge is 0.383 e. The van der Waals surface area contributed by atoms with E-state index in [-0.39, 0.29) is 6.54 Å². The molecule has 1 atom stereocenters. The summed E-state index contributed by atoms with van der Waals surface area (Å²) in [5.41, 5.74) is 5.95. The molecule has 1 aromatic carbocycles. The van der Waals surface area contributed by atoms with Gasteiger partial charge in [-0.1, -0.05) is 30.3 Å². The number of rotatable bonds is 6. The zero-order valence-electron chi connectivity index (χ0n) is 11.3. The monoisotopic (exact) mass is 339 g/mol. The van der Waals surface area contributed by atoms with E-state index in [0.29, 0.717) is 18.8 Å². The van der Waals surface area contributed by atoms with E-state index in [4.69, 9.17) is 10.5 Å². The van der Waals surface area contributed by atoms with Crippen molar-refractivity contribution in [2.75, 3.05) is 20.3 Å². The maximum absolute atomic E-state index is 11.1. The molecular formula is C14H18BrN3O2. The highest BCUT2D eigenvalue weighted by Crippen LogP contribution is 2.33. The van der Waals surface area contributed by atoms with Crippen molar-refractivity contribution in [2.45, 2.75) is 12.1 Å². The number of aromatic nitrogens is 2. The van der Waals surface area contributed by atoms with Gasteiger partial charge in [-0.05, 0) is 21.5 Å². The lowest BCUT2D eigenvalue weighted by atomic mass is 9.90. The molecule has 0 bridgehead atoms. The molecule has 0 saturated carbocycles. The van der Waals surface area contributed by atoms with Gasteiger partial charge in [-0.3, -0.25) is 4.68 Å². The fourth-order valence-corrected chi connectivity index (χ4v) is 2.81. The topological polar surface area (TPSA) is 73.3 Å². The first-order chi connectivity index (χ1) is 9.63. The van der Waals surface area contributed by atoms with Gasteiger partial charge < -0.3 is 15.6 Å². The zero-order chi connectivity index (χ0) is 14.6. The van der Waals surface area contributed by atoms with Gasteiger partial charge in [0.15, 0.2) is 0 Å². The SMILES string of the molecule is COCCn1ncc(Br)c1C(O)(CN)c1ccccc1. The predicted molar refractivity (Wildman–Crippen MR) is 80.3 cm³/mol. The molecular weight excluding hydrogens is 322 g/mol. The first-order valence-corrected chi connectivity index (χ1v) is 7.11. The van der Waals surface area contributed by atoms with Crippen LogP contribution in [0.3, 0.4) is 0 Å². The molecule has 108 valence electrons. The van der Waals surface area contributed by atoms with Gasteiger partial charge >= 0.3 is 0 Å². The summed E-state index contributed by atoms with van der Waals surface area (Å²) < 4.78 is 7.52. The van der Waals surface area contributed by atoms with Crippen molar-refractivity contribution in [1.82, 2.24) is 9.78 Å². The Morgan fingerprint density at radius 1 is 1.40 bits per heavy atom. The highest BCUT2D eigenvalue weighted by atomic mass is 79.9. The van der Waals surface area contributed by atoms with Crippen LogP contribution in [0.4, 0.5) is 0 Å². The third kappa shape index (κ3) is 2.78. The Labute approximate surface area is 126 Å². The molecule has 0 saturated heterocycles. The molecule has 20 heavy (non-hydrogen) atoms. The van der Waals surface area contributed by atoms with Crippen LogP contribution in [0, 0.1) is 0 Å². The Balaban J connectivity index is 2.48. The van der Waals surface area contributed by atoms with E-state index in [0.717, 1.165) is 10.0 Å². The molecule has 1 aromatic heterocycles. The summed E-state index contributed by atoms with van der Waals surface area (Å²) in [6.45, 7) is 1.12. The third-order valence-corrected chi connectivity index (χ3v) is 3.82. The van der Waals surface area contributed by atoms with Crippen LogP contribution in [0.2, 0.25) is 0 Å². The molecule has 3 N–H and O–H groups in total. The second kappa shape index (κ2) is 6.49. The summed E-state index contributed by atoms with van der Waals surface area (Å²) in [6, 6.07) is 9.36. The van der Waals surface area contributed by atoms with E-state index in [1.165, 1.54) is 0 Å². The van der Waals surface area contributed by atoms with E-state index in [2.05, 4.69) is 21.0 Å². The summed E-state index contributed by atoms with van der Waals surface area (Å²) >= 11 is 3.44. The second-order valence-corrected chi connectivity index (χ2v) is 5.34. The fourth-order valence-electron chi connectivity index (χ4n) is 2.19. The van der Waals surface area contributed by atoms with Crippen molar-refractivity contribution in [3.05, 3.63) is 52.3 Å². The van der Waals surface area contributed by atoms with Crippen molar-refractivity contribution in [1.29, 1.82) is 0 Å². The van der Waals surface area contributed by atoms with E-state index in [9.17, 15) is 5.11 Å². The van der Waals surface area contributed by atoms with Crippen LogP contribution in [0.1, 0.15) is 11.3 Å². The third-order valence-electron chi connectivity index (χ3n) is 3.24. The van der Waals surface area contributed by atoms with Crippen molar-refractivity contribution < 1.29 is 9.84 Å². The van der Waals surface area contributed by atoms with E-state index in [1.807, 2.05) is 30.3 Å². The molecule has 6 heteroatoms. The van der Waals surface area contributed by atoms with Gasteiger partial charge in [0.25, 0.3) is 0 Å². The summed E-state index contributed by atoms with van der Waals surface area (Å²) in [7, 11) is 1.63. The molecule has 1 heterocycles.